The summed E-state index contributed by atoms with van der Waals surface area (Å²) in [6.07, 6.45) is 4.40. The molecule has 0 radical (unpaired) electrons. The third-order valence-electron chi connectivity index (χ3n) is 3.86. The second-order valence-electron chi connectivity index (χ2n) is 5.57. The van der Waals surface area contributed by atoms with Crippen molar-refractivity contribution < 1.29 is 4.92 Å². The van der Waals surface area contributed by atoms with Crippen LogP contribution < -0.4 is 0 Å². The second-order valence-corrected chi connectivity index (χ2v) is 6.13. The van der Waals surface area contributed by atoms with E-state index in [2.05, 4.69) is 34.9 Å². The van der Waals surface area contributed by atoms with Gasteiger partial charge in [0.15, 0.2) is 0 Å². The first-order valence-electron chi connectivity index (χ1n) is 7.15. The number of aryl methyl sites for hydroxylation is 1. The maximum atomic E-state index is 11.1. The van der Waals surface area contributed by atoms with Gasteiger partial charge in [0.1, 0.15) is 11.4 Å². The van der Waals surface area contributed by atoms with Crippen molar-refractivity contribution in [3.8, 4) is 0 Å². The Morgan fingerprint density at radius 1 is 1.30 bits per heavy atom. The largest absolute Gasteiger partial charge is 0.312 e. The first kappa shape index (κ1) is 17.1. The minimum atomic E-state index is -0.330. The number of halogens is 1. The van der Waals surface area contributed by atoms with Crippen LogP contribution in [0.25, 0.3) is 0 Å². The highest BCUT2D eigenvalue weighted by Gasteiger charge is 2.31. The number of hydrogen-bond acceptors (Lipinski definition) is 3. The lowest BCUT2D eigenvalue weighted by Crippen LogP contribution is -2.29. The lowest BCUT2D eigenvalue weighted by atomic mass is 9.81. The molecule has 0 aliphatic carbocycles. The zero-order valence-corrected chi connectivity index (χ0v) is 14.4. The maximum absolute atomic E-state index is 11.1. The van der Waals surface area contributed by atoms with Crippen LogP contribution in [-0.4, -0.2) is 20.0 Å². The van der Waals surface area contributed by atoms with Gasteiger partial charge in [0.25, 0.3) is 0 Å². The van der Waals surface area contributed by atoms with Crippen LogP contribution in [0.1, 0.15) is 50.9 Å². The number of rotatable bonds is 8. The molecule has 114 valence electrons. The first-order chi connectivity index (χ1) is 9.40. The Kier molecular flexibility index (Phi) is 6.17. The van der Waals surface area contributed by atoms with Crippen molar-refractivity contribution in [3.63, 3.8) is 0 Å². The second kappa shape index (κ2) is 7.20. The van der Waals surface area contributed by atoms with E-state index >= 15 is 0 Å². The molecule has 0 saturated carbocycles. The van der Waals surface area contributed by atoms with Gasteiger partial charge in [-0.05, 0) is 32.1 Å². The summed E-state index contributed by atoms with van der Waals surface area (Å²) in [4.78, 5) is 10.8. The number of aromatic nitrogens is 2. The van der Waals surface area contributed by atoms with Crippen LogP contribution in [0.5, 0.6) is 0 Å². The highest BCUT2D eigenvalue weighted by atomic mass is 79.9. The standard InChI is InChI=1S/C14H24BrN3O2/c1-5-7-14(9-15,8-6-2)10-17-12(4)13(18(19)20)11(3)16-17/h5-10H2,1-4H3. The molecule has 0 amide bonds. The molecular weight excluding hydrogens is 322 g/mol. The van der Waals surface area contributed by atoms with Gasteiger partial charge in [-0.25, -0.2) is 0 Å². The normalized spacial score (nSPS) is 11.8. The van der Waals surface area contributed by atoms with E-state index in [1.165, 1.54) is 0 Å². The molecule has 6 heteroatoms. The lowest BCUT2D eigenvalue weighted by Gasteiger charge is -2.31. The Hall–Kier alpha value is -0.910. The van der Waals surface area contributed by atoms with Gasteiger partial charge in [0.2, 0.25) is 0 Å². The molecule has 1 rings (SSSR count). The van der Waals surface area contributed by atoms with E-state index in [-0.39, 0.29) is 16.0 Å². The third-order valence-corrected chi connectivity index (χ3v) is 5.04. The van der Waals surface area contributed by atoms with E-state index in [1.807, 2.05) is 4.68 Å². The van der Waals surface area contributed by atoms with Gasteiger partial charge in [-0.1, -0.05) is 42.6 Å². The van der Waals surface area contributed by atoms with E-state index in [0.29, 0.717) is 11.4 Å². The molecule has 1 heterocycles. The summed E-state index contributed by atoms with van der Waals surface area (Å²) in [7, 11) is 0. The Morgan fingerprint density at radius 3 is 2.20 bits per heavy atom. The highest BCUT2D eigenvalue weighted by molar-refractivity contribution is 9.09. The summed E-state index contributed by atoms with van der Waals surface area (Å²) < 4.78 is 1.82. The average molecular weight is 346 g/mol. The van der Waals surface area contributed by atoms with Crippen molar-refractivity contribution >= 4 is 21.6 Å². The molecule has 5 nitrogen and oxygen atoms in total. The quantitative estimate of drug-likeness (QED) is 0.398. The monoisotopic (exact) mass is 345 g/mol. The molecule has 1 aromatic rings. The molecule has 0 fully saturated rings. The Morgan fingerprint density at radius 2 is 1.85 bits per heavy atom. The fourth-order valence-corrected chi connectivity index (χ4v) is 3.68. The molecule has 0 saturated heterocycles. The molecule has 0 aromatic carbocycles. The summed E-state index contributed by atoms with van der Waals surface area (Å²) in [6.45, 7) is 8.58. The summed E-state index contributed by atoms with van der Waals surface area (Å²) in [5.74, 6) is 0. The molecule has 0 bridgehead atoms. The topological polar surface area (TPSA) is 61.0 Å². The molecule has 0 aliphatic rings. The minimum Gasteiger partial charge on any atom is -0.262 e. The average Bonchev–Trinajstić information content (AvgIpc) is 2.64. The summed E-state index contributed by atoms with van der Waals surface area (Å²) in [5, 5.41) is 16.4. The van der Waals surface area contributed by atoms with E-state index < -0.39 is 0 Å². The predicted molar refractivity (Wildman–Crippen MR) is 84.4 cm³/mol. The number of alkyl halides is 1. The summed E-state index contributed by atoms with van der Waals surface area (Å²) in [5.41, 5.74) is 1.44. The molecule has 0 atom stereocenters. The number of nitro groups is 1. The zero-order chi connectivity index (χ0) is 15.3. The Balaban J connectivity index is 3.11. The summed E-state index contributed by atoms with van der Waals surface area (Å²) in [6, 6.07) is 0. The molecular formula is C14H24BrN3O2. The molecule has 0 N–H and O–H groups in total. The fourth-order valence-electron chi connectivity index (χ4n) is 2.94. The van der Waals surface area contributed by atoms with Gasteiger partial charge >= 0.3 is 5.69 Å². The van der Waals surface area contributed by atoms with Crippen molar-refractivity contribution in [2.45, 2.75) is 59.9 Å². The molecule has 0 spiro atoms. The van der Waals surface area contributed by atoms with Gasteiger partial charge in [0, 0.05) is 11.9 Å². The van der Waals surface area contributed by atoms with Crippen molar-refractivity contribution in [3.05, 3.63) is 21.5 Å². The van der Waals surface area contributed by atoms with Gasteiger partial charge in [0.05, 0.1) is 4.92 Å². The Labute approximate surface area is 129 Å². The van der Waals surface area contributed by atoms with E-state index in [9.17, 15) is 10.1 Å². The van der Waals surface area contributed by atoms with Crippen LogP contribution in [0.2, 0.25) is 0 Å². The SMILES string of the molecule is CCCC(CBr)(CCC)Cn1nc(C)c([N+](=O)[O-])c1C. The van der Waals surface area contributed by atoms with Gasteiger partial charge in [-0.15, -0.1) is 0 Å². The number of hydrogen-bond donors (Lipinski definition) is 0. The zero-order valence-electron chi connectivity index (χ0n) is 12.8. The van der Waals surface area contributed by atoms with Crippen LogP contribution in [0.4, 0.5) is 5.69 Å². The van der Waals surface area contributed by atoms with Gasteiger partial charge < -0.3 is 0 Å². The van der Waals surface area contributed by atoms with Gasteiger partial charge in [-0.3, -0.25) is 14.8 Å². The van der Waals surface area contributed by atoms with Crippen molar-refractivity contribution in [2.75, 3.05) is 5.33 Å². The molecule has 20 heavy (non-hydrogen) atoms. The maximum Gasteiger partial charge on any atom is 0.312 e. The minimum absolute atomic E-state index is 0.126. The van der Waals surface area contributed by atoms with E-state index in [1.54, 1.807) is 13.8 Å². The van der Waals surface area contributed by atoms with E-state index in [4.69, 9.17) is 0 Å². The lowest BCUT2D eigenvalue weighted by molar-refractivity contribution is -0.386. The number of nitrogens with zero attached hydrogens (tertiary/aromatic N) is 3. The van der Waals surface area contributed by atoms with Crippen LogP contribution in [0.3, 0.4) is 0 Å². The third kappa shape index (κ3) is 3.59. The predicted octanol–water partition coefficient (Wildman–Crippen LogP) is 4.39. The van der Waals surface area contributed by atoms with Crippen molar-refractivity contribution in [2.24, 2.45) is 5.41 Å². The highest BCUT2D eigenvalue weighted by Crippen LogP contribution is 2.35. The fraction of sp³-hybridized carbons (Fsp3) is 0.786. The van der Waals surface area contributed by atoms with Crippen molar-refractivity contribution in [1.29, 1.82) is 0 Å². The van der Waals surface area contributed by atoms with Crippen LogP contribution in [-0.2, 0) is 6.54 Å². The summed E-state index contributed by atoms with van der Waals surface area (Å²) >= 11 is 3.64. The molecule has 1 aromatic heterocycles. The van der Waals surface area contributed by atoms with E-state index in [0.717, 1.165) is 37.6 Å². The molecule has 0 aliphatic heterocycles. The Bertz CT molecular complexity index is 465. The van der Waals surface area contributed by atoms with Crippen molar-refractivity contribution in [1.82, 2.24) is 9.78 Å². The first-order valence-corrected chi connectivity index (χ1v) is 8.27. The van der Waals surface area contributed by atoms with Gasteiger partial charge in [-0.2, -0.15) is 5.10 Å². The molecule has 0 unspecified atom stereocenters. The van der Waals surface area contributed by atoms with Crippen LogP contribution in [0.15, 0.2) is 0 Å². The van der Waals surface area contributed by atoms with Crippen LogP contribution in [0, 0.1) is 29.4 Å². The van der Waals surface area contributed by atoms with Crippen LogP contribution >= 0.6 is 15.9 Å². The smallest absolute Gasteiger partial charge is 0.262 e.